The number of β-amino-alcohol motifs (C(OH)–C–C–N with tert-alkyl or cyclic N) is 1. The van der Waals surface area contributed by atoms with E-state index in [1.165, 1.54) is 24.3 Å². The fraction of sp³-hybridized carbons (Fsp3) is 0.400. The molecule has 11 heteroatoms. The van der Waals surface area contributed by atoms with Crippen molar-refractivity contribution in [3.05, 3.63) is 57.9 Å². The molecule has 0 aliphatic carbocycles. The van der Waals surface area contributed by atoms with Crippen LogP contribution in [0.25, 0.3) is 11.0 Å². The minimum absolute atomic E-state index is 0.0366. The van der Waals surface area contributed by atoms with Gasteiger partial charge in [0, 0.05) is 39.3 Å². The molecule has 0 saturated carbocycles. The van der Waals surface area contributed by atoms with E-state index in [2.05, 4.69) is 4.90 Å². The summed E-state index contributed by atoms with van der Waals surface area (Å²) in [4.78, 5) is 17.3. The van der Waals surface area contributed by atoms with Gasteiger partial charge in [-0.1, -0.05) is 12.1 Å². The lowest BCUT2D eigenvalue weighted by molar-refractivity contribution is -0.154. The molecular weight excluding hydrogens is 481 g/mol. The Morgan fingerprint density at radius 1 is 1.03 bits per heavy atom. The smallest absolute Gasteiger partial charge is 0.453 e. The average Bonchev–Trinajstić information content (AvgIpc) is 2.84. The number of hydrogen-bond acceptors (Lipinski definition) is 8. The lowest BCUT2D eigenvalue weighted by Gasteiger charge is -2.34. The summed E-state index contributed by atoms with van der Waals surface area (Å²) in [5, 5.41) is 19.5. The Balaban J connectivity index is 1.77. The van der Waals surface area contributed by atoms with Crippen LogP contribution in [0.4, 0.5) is 13.2 Å². The van der Waals surface area contributed by atoms with Crippen LogP contribution in [0.1, 0.15) is 18.2 Å². The van der Waals surface area contributed by atoms with Crippen molar-refractivity contribution in [3.63, 3.8) is 0 Å². The van der Waals surface area contributed by atoms with Crippen molar-refractivity contribution in [1.82, 2.24) is 9.80 Å². The highest BCUT2D eigenvalue weighted by Gasteiger charge is 2.41. The Morgan fingerprint density at radius 2 is 1.69 bits per heavy atom. The van der Waals surface area contributed by atoms with Crippen LogP contribution in [0.5, 0.6) is 23.0 Å². The number of phenolic OH excluding ortho intramolecular Hbond substituents is 1. The summed E-state index contributed by atoms with van der Waals surface area (Å²) in [7, 11) is 0. The van der Waals surface area contributed by atoms with Gasteiger partial charge >= 0.3 is 6.18 Å². The lowest BCUT2D eigenvalue weighted by Crippen LogP contribution is -2.46. The molecule has 0 bridgehead atoms. The number of halogens is 3. The second-order valence-electron chi connectivity index (χ2n) is 8.35. The quantitative estimate of drug-likeness (QED) is 0.474. The summed E-state index contributed by atoms with van der Waals surface area (Å²) in [6.45, 7) is 5.06. The van der Waals surface area contributed by atoms with Crippen LogP contribution >= 0.6 is 0 Å². The molecule has 0 unspecified atom stereocenters. The Labute approximate surface area is 205 Å². The zero-order valence-electron chi connectivity index (χ0n) is 19.7. The molecule has 4 rings (SSSR count). The molecular formula is C25H27F3N2O6. The number of hydrogen-bond donors (Lipinski definition) is 2. The maximum atomic E-state index is 14.1. The number of phenols is 1. The predicted molar refractivity (Wildman–Crippen MR) is 126 cm³/mol. The number of piperazine rings is 1. The van der Waals surface area contributed by atoms with Crippen LogP contribution in [-0.4, -0.2) is 66.0 Å². The molecule has 0 radical (unpaired) electrons. The Morgan fingerprint density at radius 3 is 2.33 bits per heavy atom. The van der Waals surface area contributed by atoms with Crippen LogP contribution in [-0.2, 0) is 12.7 Å². The zero-order valence-corrected chi connectivity index (χ0v) is 19.7. The second kappa shape index (κ2) is 10.8. The fourth-order valence-corrected chi connectivity index (χ4v) is 4.17. The zero-order chi connectivity index (χ0) is 25.9. The number of rotatable bonds is 8. The number of aliphatic hydroxyl groups is 1. The Kier molecular flexibility index (Phi) is 7.72. The maximum Gasteiger partial charge on any atom is 0.453 e. The SMILES string of the molecule is CCOc1ccccc1Oc1c(C(F)(F)F)oc2c(CN3CCN(CCO)CC3)c(O)ccc2c1=O. The van der Waals surface area contributed by atoms with Crippen molar-refractivity contribution in [1.29, 1.82) is 0 Å². The topological polar surface area (TPSA) is 95.6 Å². The molecule has 0 spiro atoms. The Bertz CT molecular complexity index is 1270. The van der Waals surface area contributed by atoms with Crippen molar-refractivity contribution in [3.8, 4) is 23.0 Å². The van der Waals surface area contributed by atoms with Gasteiger partial charge in [-0.15, -0.1) is 0 Å². The third-order valence-electron chi connectivity index (χ3n) is 5.98. The molecule has 1 saturated heterocycles. The van der Waals surface area contributed by atoms with Crippen molar-refractivity contribution < 1.29 is 37.3 Å². The van der Waals surface area contributed by atoms with Crippen molar-refractivity contribution in [2.24, 2.45) is 0 Å². The van der Waals surface area contributed by atoms with Gasteiger partial charge in [-0.3, -0.25) is 14.6 Å². The molecule has 1 aliphatic heterocycles. The van der Waals surface area contributed by atoms with E-state index in [1.807, 2.05) is 4.90 Å². The van der Waals surface area contributed by atoms with Gasteiger partial charge in [0.05, 0.1) is 24.2 Å². The van der Waals surface area contributed by atoms with Gasteiger partial charge in [0.25, 0.3) is 5.76 Å². The van der Waals surface area contributed by atoms with Crippen LogP contribution in [0.2, 0.25) is 0 Å². The molecule has 194 valence electrons. The highest BCUT2D eigenvalue weighted by Crippen LogP contribution is 2.41. The molecule has 3 aromatic rings. The minimum Gasteiger partial charge on any atom is -0.507 e. The molecule has 2 aromatic carbocycles. The van der Waals surface area contributed by atoms with Crippen LogP contribution in [0.15, 0.2) is 45.6 Å². The van der Waals surface area contributed by atoms with Crippen molar-refractivity contribution in [2.45, 2.75) is 19.6 Å². The van der Waals surface area contributed by atoms with Crippen molar-refractivity contribution >= 4 is 11.0 Å². The molecule has 1 aliphatic rings. The van der Waals surface area contributed by atoms with Crippen LogP contribution in [0, 0.1) is 0 Å². The molecule has 1 aromatic heterocycles. The van der Waals surface area contributed by atoms with E-state index in [1.54, 1.807) is 19.1 Å². The van der Waals surface area contributed by atoms with Gasteiger partial charge in [-0.25, -0.2) is 0 Å². The Hall–Kier alpha value is -3.28. The molecule has 2 N–H and O–H groups in total. The first-order valence-corrected chi connectivity index (χ1v) is 11.6. The van der Waals surface area contributed by atoms with Gasteiger partial charge in [-0.2, -0.15) is 13.2 Å². The first-order chi connectivity index (χ1) is 17.2. The van der Waals surface area contributed by atoms with E-state index in [9.17, 15) is 23.1 Å². The number of ether oxygens (including phenoxy) is 2. The normalized spacial score (nSPS) is 15.4. The molecule has 36 heavy (non-hydrogen) atoms. The minimum atomic E-state index is -5.04. The standard InChI is InChI=1S/C25H27F3N2O6/c1-2-34-19-5-3-4-6-20(19)35-23-21(33)16-7-8-18(32)17(22(16)36-24(23)25(26,27)28)15-30-11-9-29(10-12-30)13-14-31/h3-8,31-32H,2,9-15H2,1H3. The van der Waals surface area contributed by atoms with Gasteiger partial charge in [0.1, 0.15) is 11.3 Å². The number of fused-ring (bicyclic) bond motifs is 1. The number of aromatic hydroxyl groups is 1. The molecule has 1 fully saturated rings. The second-order valence-corrected chi connectivity index (χ2v) is 8.35. The number of nitrogens with zero attached hydrogens (tertiary/aromatic N) is 2. The van der Waals surface area contributed by atoms with E-state index < -0.39 is 23.1 Å². The highest BCUT2D eigenvalue weighted by molar-refractivity contribution is 5.83. The monoisotopic (exact) mass is 508 g/mol. The van der Waals surface area contributed by atoms with Gasteiger partial charge in [0.15, 0.2) is 11.5 Å². The average molecular weight is 508 g/mol. The molecule has 0 amide bonds. The predicted octanol–water partition coefficient (Wildman–Crippen LogP) is 3.82. The number of para-hydroxylation sites is 2. The van der Waals surface area contributed by atoms with Crippen LogP contribution in [0.3, 0.4) is 0 Å². The first kappa shape index (κ1) is 25.8. The molecule has 2 heterocycles. The molecule has 0 atom stereocenters. The number of benzene rings is 2. The summed E-state index contributed by atoms with van der Waals surface area (Å²) in [5.74, 6) is -2.75. The van der Waals surface area contributed by atoms with E-state index in [-0.39, 0.29) is 53.5 Å². The lowest BCUT2D eigenvalue weighted by atomic mass is 10.1. The summed E-state index contributed by atoms with van der Waals surface area (Å²) < 4.78 is 58.4. The maximum absolute atomic E-state index is 14.1. The number of alkyl halides is 3. The third kappa shape index (κ3) is 5.43. The summed E-state index contributed by atoms with van der Waals surface area (Å²) >= 11 is 0. The van der Waals surface area contributed by atoms with E-state index in [0.717, 1.165) is 0 Å². The highest BCUT2D eigenvalue weighted by atomic mass is 19.4. The van der Waals surface area contributed by atoms with Gasteiger partial charge in [0.2, 0.25) is 11.2 Å². The van der Waals surface area contributed by atoms with Gasteiger partial charge < -0.3 is 24.1 Å². The van der Waals surface area contributed by atoms with E-state index in [0.29, 0.717) is 32.7 Å². The summed E-state index contributed by atoms with van der Waals surface area (Å²) in [5.41, 5.74) is -1.26. The third-order valence-corrected chi connectivity index (χ3v) is 5.98. The summed E-state index contributed by atoms with van der Waals surface area (Å²) in [6.07, 6.45) is -5.04. The summed E-state index contributed by atoms with van der Waals surface area (Å²) in [6, 6.07) is 8.58. The first-order valence-electron chi connectivity index (χ1n) is 11.6. The van der Waals surface area contributed by atoms with E-state index in [4.69, 9.17) is 19.0 Å². The van der Waals surface area contributed by atoms with Crippen LogP contribution < -0.4 is 14.9 Å². The fourth-order valence-electron chi connectivity index (χ4n) is 4.17. The molecule has 8 nitrogen and oxygen atoms in total. The number of aliphatic hydroxyl groups excluding tert-OH is 1. The van der Waals surface area contributed by atoms with E-state index >= 15 is 0 Å². The van der Waals surface area contributed by atoms with Gasteiger partial charge in [-0.05, 0) is 31.2 Å². The largest absolute Gasteiger partial charge is 0.507 e. The van der Waals surface area contributed by atoms with Crippen molar-refractivity contribution in [2.75, 3.05) is 45.9 Å².